The van der Waals surface area contributed by atoms with Gasteiger partial charge in [-0.3, -0.25) is 21.0 Å². The molecule has 2 saturated carbocycles. The largest absolute Gasteiger partial charge is 0.255 e. The Morgan fingerprint density at radius 3 is 1.06 bits per heavy atom. The summed E-state index contributed by atoms with van der Waals surface area (Å²) in [6.07, 6.45) is 13.6. The Hall–Kier alpha value is -0.240. The molecule has 0 aromatic carbocycles. The van der Waals surface area contributed by atoms with Crippen molar-refractivity contribution < 1.29 is 30.8 Å². The maximum absolute atomic E-state index is 6.00. The van der Waals surface area contributed by atoms with E-state index in [2.05, 4.69) is 0 Å². The minimum Gasteiger partial charge on any atom is -0.255 e. The fourth-order valence-corrected chi connectivity index (χ4v) is 2.48. The molecule has 2 aliphatic rings. The average molecular weight is 266 g/mol. The summed E-state index contributed by atoms with van der Waals surface area (Å²) in [4.78, 5) is 11.0. The summed E-state index contributed by atoms with van der Waals surface area (Å²) in [6, 6.07) is 0. The quantitative estimate of drug-likeness (QED) is 0.460. The molecule has 2 fully saturated rings. The Labute approximate surface area is 108 Å². The summed E-state index contributed by atoms with van der Waals surface area (Å²) >= 11 is 0. The normalized spacial score (nSPS) is 21.3. The number of hydrogen-bond donors (Lipinski definition) is 4. The molecule has 0 atom stereocenters. The Morgan fingerprint density at radius 2 is 0.778 bits per heavy atom. The molecule has 0 radical (unpaired) electrons. The van der Waals surface area contributed by atoms with Gasteiger partial charge >= 0.3 is 0 Å². The zero-order valence-corrected chi connectivity index (χ0v) is 10.8. The highest BCUT2D eigenvalue weighted by Crippen LogP contribution is 2.24. The second-order valence-corrected chi connectivity index (χ2v) is 4.71. The molecule has 0 aromatic rings. The molecule has 18 heavy (non-hydrogen) atoms. The fraction of sp³-hybridized carbons (Fsp3) is 1.00. The van der Waals surface area contributed by atoms with E-state index in [1.807, 2.05) is 0 Å². The molecule has 0 aromatic heterocycles. The van der Waals surface area contributed by atoms with Crippen LogP contribution in [0.25, 0.3) is 0 Å². The van der Waals surface area contributed by atoms with Gasteiger partial charge in [-0.05, 0) is 25.7 Å². The zero-order chi connectivity index (χ0) is 13.6. The van der Waals surface area contributed by atoms with Crippen molar-refractivity contribution in [2.24, 2.45) is 0 Å². The molecule has 6 heteroatoms. The molecule has 0 saturated heterocycles. The van der Waals surface area contributed by atoms with Crippen LogP contribution >= 0.6 is 0 Å². The third-order valence-corrected chi connectivity index (χ3v) is 3.43. The molecular weight excluding hydrogens is 240 g/mol. The van der Waals surface area contributed by atoms with Crippen molar-refractivity contribution in [3.05, 3.63) is 0 Å². The molecule has 0 spiro atoms. The third kappa shape index (κ3) is 7.97. The Kier molecular flexibility index (Phi) is 13.0. The highest BCUT2D eigenvalue weighted by Gasteiger charge is 2.19. The molecule has 0 amide bonds. The van der Waals surface area contributed by atoms with Gasteiger partial charge in [-0.15, -0.1) is 0 Å². The van der Waals surface area contributed by atoms with E-state index in [9.17, 15) is 0 Å². The van der Waals surface area contributed by atoms with E-state index in [1.165, 1.54) is 64.2 Å². The SMILES string of the molecule is C1CCC(OOC2CCCCC2)CC1.OO.OO. The molecule has 110 valence electrons. The third-order valence-electron chi connectivity index (χ3n) is 3.43. The molecule has 0 heterocycles. The van der Waals surface area contributed by atoms with Crippen LogP contribution in [0.4, 0.5) is 0 Å². The highest BCUT2D eigenvalue weighted by molar-refractivity contribution is 4.65. The van der Waals surface area contributed by atoms with Gasteiger partial charge in [-0.25, -0.2) is 9.78 Å². The monoisotopic (exact) mass is 266 g/mol. The van der Waals surface area contributed by atoms with Crippen LogP contribution < -0.4 is 0 Å². The Balaban J connectivity index is 0.000000659. The van der Waals surface area contributed by atoms with Crippen molar-refractivity contribution in [2.75, 3.05) is 0 Å². The summed E-state index contributed by atoms with van der Waals surface area (Å²) in [6.45, 7) is 0. The Bertz CT molecular complexity index is 137. The van der Waals surface area contributed by atoms with Crippen LogP contribution in [0.1, 0.15) is 64.2 Å². The van der Waals surface area contributed by atoms with Crippen molar-refractivity contribution in [3.63, 3.8) is 0 Å². The molecule has 0 aliphatic heterocycles. The smallest absolute Gasteiger partial charge is 0.0930 e. The van der Waals surface area contributed by atoms with Gasteiger partial charge in [0.2, 0.25) is 0 Å². The van der Waals surface area contributed by atoms with E-state index < -0.39 is 0 Å². The first-order valence-corrected chi connectivity index (χ1v) is 6.67. The molecular formula is C12H26O6. The van der Waals surface area contributed by atoms with Crippen LogP contribution in [0, 0.1) is 0 Å². The fourth-order valence-electron chi connectivity index (χ4n) is 2.48. The second kappa shape index (κ2) is 13.2. The van der Waals surface area contributed by atoms with Crippen LogP contribution in [0.5, 0.6) is 0 Å². The maximum atomic E-state index is 6.00. The van der Waals surface area contributed by atoms with Crippen molar-refractivity contribution >= 4 is 0 Å². The molecule has 4 N–H and O–H groups in total. The first kappa shape index (κ1) is 17.8. The van der Waals surface area contributed by atoms with E-state index in [0.29, 0.717) is 12.2 Å². The first-order chi connectivity index (χ1) is 8.95. The summed E-state index contributed by atoms with van der Waals surface area (Å²) in [5, 5.41) is 24.0. The van der Waals surface area contributed by atoms with E-state index in [0.717, 1.165) is 0 Å². The number of hydrogen-bond acceptors (Lipinski definition) is 6. The molecule has 0 bridgehead atoms. The van der Waals surface area contributed by atoms with Crippen LogP contribution in [0.15, 0.2) is 0 Å². The van der Waals surface area contributed by atoms with E-state index in [-0.39, 0.29) is 0 Å². The van der Waals surface area contributed by atoms with Gasteiger partial charge in [-0.1, -0.05) is 38.5 Å². The first-order valence-electron chi connectivity index (χ1n) is 6.67. The van der Waals surface area contributed by atoms with Crippen molar-refractivity contribution in [1.82, 2.24) is 0 Å². The van der Waals surface area contributed by atoms with Crippen LogP contribution in [0.3, 0.4) is 0 Å². The lowest BCUT2D eigenvalue weighted by Crippen LogP contribution is -2.23. The van der Waals surface area contributed by atoms with Gasteiger partial charge in [0.25, 0.3) is 0 Å². The minimum atomic E-state index is 0.394. The van der Waals surface area contributed by atoms with Gasteiger partial charge in [0.15, 0.2) is 0 Å². The second-order valence-electron chi connectivity index (χ2n) is 4.71. The molecule has 2 rings (SSSR count). The van der Waals surface area contributed by atoms with Gasteiger partial charge in [-0.2, -0.15) is 0 Å². The maximum Gasteiger partial charge on any atom is 0.0930 e. The van der Waals surface area contributed by atoms with E-state index in [1.54, 1.807) is 0 Å². The molecule has 6 nitrogen and oxygen atoms in total. The van der Waals surface area contributed by atoms with Crippen molar-refractivity contribution in [1.29, 1.82) is 0 Å². The summed E-state index contributed by atoms with van der Waals surface area (Å²) in [7, 11) is 0. The highest BCUT2D eigenvalue weighted by atomic mass is 17.2. The van der Waals surface area contributed by atoms with Crippen LogP contribution in [-0.4, -0.2) is 33.2 Å². The molecule has 0 unspecified atom stereocenters. The lowest BCUT2D eigenvalue weighted by atomic mass is 9.98. The van der Waals surface area contributed by atoms with Crippen molar-refractivity contribution in [3.8, 4) is 0 Å². The van der Waals surface area contributed by atoms with E-state index in [4.69, 9.17) is 30.8 Å². The van der Waals surface area contributed by atoms with Gasteiger partial charge in [0, 0.05) is 0 Å². The topological polar surface area (TPSA) is 99.4 Å². The van der Waals surface area contributed by atoms with Crippen LogP contribution in [0.2, 0.25) is 0 Å². The van der Waals surface area contributed by atoms with Gasteiger partial charge in [0.05, 0.1) is 12.2 Å². The lowest BCUT2D eigenvalue weighted by molar-refractivity contribution is -0.358. The average Bonchev–Trinajstić information content (AvgIpc) is 2.51. The number of rotatable bonds is 3. The van der Waals surface area contributed by atoms with Gasteiger partial charge in [0.1, 0.15) is 0 Å². The molecule has 2 aliphatic carbocycles. The standard InChI is InChI=1S/C12H22O2.2H2O2/c1-3-7-11(8-4-1)13-14-12-9-5-2-6-10-12;2*1-2/h11-12H,1-10H2;2*1-2H. The zero-order valence-electron chi connectivity index (χ0n) is 10.8. The predicted octanol–water partition coefficient (Wildman–Crippen LogP) is 3.63. The van der Waals surface area contributed by atoms with Gasteiger partial charge < -0.3 is 0 Å². The predicted molar refractivity (Wildman–Crippen MR) is 66.4 cm³/mol. The van der Waals surface area contributed by atoms with Crippen LogP contribution in [-0.2, 0) is 9.78 Å². The Morgan fingerprint density at radius 1 is 0.500 bits per heavy atom. The lowest BCUT2D eigenvalue weighted by Gasteiger charge is -2.25. The summed E-state index contributed by atoms with van der Waals surface area (Å²) < 4.78 is 0. The summed E-state index contributed by atoms with van der Waals surface area (Å²) in [5.74, 6) is 0. The van der Waals surface area contributed by atoms with E-state index >= 15 is 0 Å². The minimum absolute atomic E-state index is 0.394. The van der Waals surface area contributed by atoms with Crippen molar-refractivity contribution in [2.45, 2.75) is 76.4 Å². The summed E-state index contributed by atoms with van der Waals surface area (Å²) in [5.41, 5.74) is 0.